The third-order valence-electron chi connectivity index (χ3n) is 9.00. The van der Waals surface area contributed by atoms with Gasteiger partial charge in [-0.25, -0.2) is 13.2 Å². The number of amides is 1. The first-order valence-corrected chi connectivity index (χ1v) is 12.6. The van der Waals surface area contributed by atoms with Gasteiger partial charge in [-0.05, 0) is 50.5 Å². The molecule has 9 heteroatoms. The highest BCUT2D eigenvalue weighted by Crippen LogP contribution is 2.72. The molecule has 1 aromatic heterocycles. The van der Waals surface area contributed by atoms with E-state index in [0.29, 0.717) is 12.6 Å². The number of aromatic nitrogens is 1. The summed E-state index contributed by atoms with van der Waals surface area (Å²) in [7, 11) is 2.03. The molecule has 3 saturated carbocycles. The van der Waals surface area contributed by atoms with Gasteiger partial charge in [0.1, 0.15) is 5.82 Å². The Labute approximate surface area is 207 Å². The van der Waals surface area contributed by atoms with E-state index in [9.17, 15) is 18.4 Å². The van der Waals surface area contributed by atoms with Gasteiger partial charge in [-0.15, -0.1) is 0 Å². The quantitative estimate of drug-likeness (QED) is 0.623. The van der Waals surface area contributed by atoms with Crippen molar-refractivity contribution in [1.82, 2.24) is 9.47 Å². The molecule has 2 unspecified atom stereocenters. The van der Waals surface area contributed by atoms with Gasteiger partial charge in [0, 0.05) is 49.9 Å². The summed E-state index contributed by atoms with van der Waals surface area (Å²) in [6, 6.07) is 4.80. The fourth-order valence-corrected chi connectivity index (χ4v) is 6.71. The molecule has 4 atom stereocenters. The van der Waals surface area contributed by atoms with Crippen molar-refractivity contribution < 1.29 is 18.0 Å². The molecule has 36 heavy (non-hydrogen) atoms. The summed E-state index contributed by atoms with van der Waals surface area (Å²) in [6.45, 7) is 4.08. The summed E-state index contributed by atoms with van der Waals surface area (Å²) >= 11 is 0. The molecular weight excluding hydrogens is 469 g/mol. The Morgan fingerprint density at radius 3 is 2.47 bits per heavy atom. The Morgan fingerprint density at radius 1 is 1.25 bits per heavy atom. The lowest BCUT2D eigenvalue weighted by Crippen LogP contribution is -2.39. The minimum absolute atomic E-state index is 0.0505. The highest BCUT2D eigenvalue weighted by atomic mass is 19.3. The van der Waals surface area contributed by atoms with Crippen molar-refractivity contribution in [2.45, 2.75) is 57.2 Å². The topological polar surface area (TPSA) is 71.6 Å². The van der Waals surface area contributed by atoms with Crippen LogP contribution in [0.1, 0.15) is 66.7 Å². The number of carbonyl (C=O) groups is 1. The maximum absolute atomic E-state index is 15.5. The maximum atomic E-state index is 15.5. The van der Waals surface area contributed by atoms with Crippen LogP contribution < -0.4 is 16.2 Å². The lowest BCUT2D eigenvalue weighted by atomic mass is 9.98. The molecule has 1 spiro atoms. The minimum Gasteiger partial charge on any atom is -0.365 e. The van der Waals surface area contributed by atoms with Crippen LogP contribution >= 0.6 is 0 Å². The zero-order chi connectivity index (χ0) is 25.7. The Morgan fingerprint density at radius 2 is 1.92 bits per heavy atom. The van der Waals surface area contributed by atoms with Crippen LogP contribution in [0.15, 0.2) is 35.3 Å². The number of likely N-dealkylation sites (tertiary alicyclic amines) is 1. The van der Waals surface area contributed by atoms with E-state index >= 15 is 4.39 Å². The molecule has 4 fully saturated rings. The fourth-order valence-electron chi connectivity index (χ4n) is 6.71. The molecule has 3 aliphatic carbocycles. The first kappa shape index (κ1) is 23.6. The number of pyridine rings is 1. The molecule has 1 aromatic carbocycles. The fraction of sp³-hybridized carbons (Fsp3) is 0.556. The standard InChI is InChI=1S/C27H31F3N4O2/c1-14(15-5-4-6-19(23(15)28)26(2,29)30)34(24-16-11-32(3)12-17(16)24)20-9-22(35)33(13-18(20)25(31)36)21-10-27(21)7-8-27/h4-6,9,13-14,16-17,21,24H,7-8,10-12H2,1-3H3,(H2,31,36)/t14-,16?,17?,21-,24?/m1/s1. The first-order chi connectivity index (χ1) is 16.9. The number of hydrogen-bond donors (Lipinski definition) is 1. The molecule has 0 radical (unpaired) electrons. The zero-order valence-electron chi connectivity index (χ0n) is 20.7. The van der Waals surface area contributed by atoms with Crippen molar-refractivity contribution in [1.29, 1.82) is 0 Å². The van der Waals surface area contributed by atoms with Crippen molar-refractivity contribution in [2.24, 2.45) is 23.0 Å². The number of rotatable bonds is 7. The van der Waals surface area contributed by atoms with Gasteiger partial charge in [0.2, 0.25) is 0 Å². The van der Waals surface area contributed by atoms with Crippen molar-refractivity contribution >= 4 is 11.6 Å². The summed E-state index contributed by atoms with van der Waals surface area (Å²) in [4.78, 5) is 30.0. The number of carbonyl (C=O) groups excluding carboxylic acids is 1. The summed E-state index contributed by atoms with van der Waals surface area (Å²) in [5.74, 6) is -4.42. The van der Waals surface area contributed by atoms with Crippen molar-refractivity contribution in [3.63, 3.8) is 0 Å². The van der Waals surface area contributed by atoms with Crippen molar-refractivity contribution in [3.8, 4) is 0 Å². The summed E-state index contributed by atoms with van der Waals surface area (Å²) in [6.07, 6.45) is 4.65. The molecule has 1 aliphatic heterocycles. The van der Waals surface area contributed by atoms with Crippen LogP contribution in [-0.2, 0) is 5.92 Å². The molecule has 4 aliphatic rings. The molecule has 6 nitrogen and oxygen atoms in total. The average Bonchev–Trinajstić information content (AvgIpc) is 3.75. The van der Waals surface area contributed by atoms with Gasteiger partial charge in [-0.2, -0.15) is 0 Å². The second-order valence-corrected chi connectivity index (χ2v) is 11.5. The lowest BCUT2D eigenvalue weighted by molar-refractivity contribution is 0.0135. The Balaban J connectivity index is 1.46. The number of anilines is 1. The zero-order valence-corrected chi connectivity index (χ0v) is 20.7. The molecule has 1 saturated heterocycles. The number of piperidine rings is 1. The second kappa shape index (κ2) is 7.60. The number of primary amides is 1. The highest BCUT2D eigenvalue weighted by molar-refractivity contribution is 5.98. The summed E-state index contributed by atoms with van der Waals surface area (Å²) in [5.41, 5.74) is 5.79. The number of nitrogens with two attached hydrogens (primary N) is 1. The van der Waals surface area contributed by atoms with Crippen LogP contribution in [0.5, 0.6) is 0 Å². The Kier molecular flexibility index (Phi) is 4.98. The summed E-state index contributed by atoms with van der Waals surface area (Å²) in [5, 5.41) is 0. The van der Waals surface area contributed by atoms with E-state index in [1.54, 1.807) is 17.7 Å². The van der Waals surface area contributed by atoms with E-state index in [1.807, 2.05) is 11.9 Å². The van der Waals surface area contributed by atoms with E-state index in [1.165, 1.54) is 18.2 Å². The maximum Gasteiger partial charge on any atom is 0.273 e. The molecule has 6 rings (SSSR count). The summed E-state index contributed by atoms with van der Waals surface area (Å²) < 4.78 is 45.4. The average molecular weight is 501 g/mol. The number of benzene rings is 1. The highest BCUT2D eigenvalue weighted by Gasteiger charge is 2.64. The monoisotopic (exact) mass is 500 g/mol. The van der Waals surface area contributed by atoms with E-state index in [-0.39, 0.29) is 46.0 Å². The molecule has 2 heterocycles. The molecule has 1 amide bonds. The molecule has 2 aromatic rings. The van der Waals surface area contributed by atoms with Gasteiger partial charge in [0.15, 0.2) is 0 Å². The number of hydrogen-bond acceptors (Lipinski definition) is 4. The number of nitrogens with zero attached hydrogens (tertiary/aromatic N) is 3. The lowest BCUT2D eigenvalue weighted by Gasteiger charge is -2.36. The van der Waals surface area contributed by atoms with Gasteiger partial charge in [-0.3, -0.25) is 9.59 Å². The van der Waals surface area contributed by atoms with E-state index < -0.39 is 29.3 Å². The van der Waals surface area contributed by atoms with Crippen molar-refractivity contribution in [3.05, 3.63) is 63.3 Å². The minimum atomic E-state index is -3.34. The van der Waals surface area contributed by atoms with Crippen LogP contribution in [-0.4, -0.2) is 41.6 Å². The van der Waals surface area contributed by atoms with E-state index in [0.717, 1.165) is 38.4 Å². The van der Waals surface area contributed by atoms with Gasteiger partial charge < -0.3 is 20.1 Å². The van der Waals surface area contributed by atoms with Gasteiger partial charge >= 0.3 is 0 Å². The van der Waals surface area contributed by atoms with Crippen molar-refractivity contribution in [2.75, 3.05) is 25.0 Å². The van der Waals surface area contributed by atoms with Gasteiger partial charge in [0.05, 0.1) is 22.9 Å². The SMILES string of the molecule is C[C@H](c1cccc(C(C)(F)F)c1F)N(c1cc(=O)n([C@@H]2CC23CC3)cc1C(N)=O)C1C2CN(C)CC21. The third-order valence-corrected chi connectivity index (χ3v) is 9.00. The Bertz CT molecular complexity index is 1300. The van der Waals surface area contributed by atoms with Crippen LogP contribution in [0.3, 0.4) is 0 Å². The number of alkyl halides is 2. The largest absolute Gasteiger partial charge is 0.365 e. The molecular formula is C27H31F3N4O2. The van der Waals surface area contributed by atoms with E-state index in [4.69, 9.17) is 5.73 Å². The number of halogens is 3. The first-order valence-electron chi connectivity index (χ1n) is 12.6. The molecule has 0 bridgehead atoms. The van der Waals surface area contributed by atoms with Crippen LogP contribution in [0.4, 0.5) is 18.9 Å². The second-order valence-electron chi connectivity index (χ2n) is 11.5. The predicted octanol–water partition coefficient (Wildman–Crippen LogP) is 4.05. The Hall–Kier alpha value is -2.81. The predicted molar refractivity (Wildman–Crippen MR) is 130 cm³/mol. The molecule has 2 N–H and O–H groups in total. The van der Waals surface area contributed by atoms with Crippen LogP contribution in [0.25, 0.3) is 0 Å². The smallest absolute Gasteiger partial charge is 0.273 e. The number of fused-ring (bicyclic) bond motifs is 1. The van der Waals surface area contributed by atoms with Gasteiger partial charge in [-0.1, -0.05) is 18.2 Å². The van der Waals surface area contributed by atoms with Gasteiger partial charge in [0.25, 0.3) is 17.4 Å². The van der Waals surface area contributed by atoms with Crippen LogP contribution in [0, 0.1) is 23.1 Å². The molecule has 192 valence electrons. The third kappa shape index (κ3) is 3.57. The van der Waals surface area contributed by atoms with E-state index in [2.05, 4.69) is 4.90 Å². The van der Waals surface area contributed by atoms with Crippen LogP contribution in [0.2, 0.25) is 0 Å². The normalized spacial score (nSPS) is 28.6.